The van der Waals surface area contributed by atoms with Gasteiger partial charge >= 0.3 is 5.69 Å². The van der Waals surface area contributed by atoms with Crippen molar-refractivity contribution >= 4 is 17.3 Å². The van der Waals surface area contributed by atoms with Crippen molar-refractivity contribution in [2.45, 2.75) is 27.3 Å². The van der Waals surface area contributed by atoms with Crippen molar-refractivity contribution in [2.75, 3.05) is 5.32 Å². The average molecular weight is 450 g/mol. The van der Waals surface area contributed by atoms with E-state index in [1.165, 1.54) is 22.9 Å². The molecule has 0 aliphatic heterocycles. The van der Waals surface area contributed by atoms with Gasteiger partial charge in [-0.2, -0.15) is 9.78 Å². The standard InChI is InChI=1S/C21H19FN8O3/c1-12-20(30(32)33)13(2)28(25-12)11-15-4-6-16(7-5-15)21(31)23-17-8-9-18(22)19(10-17)29-14(3)24-26-27-29/h4-10H,11H2,1-3H3,(H,23,31). The highest BCUT2D eigenvalue weighted by Gasteiger charge is 2.21. The number of tetrazole rings is 1. The number of nitrogens with one attached hydrogen (secondary N) is 1. The number of amides is 1. The van der Waals surface area contributed by atoms with Crippen LogP contribution in [0.2, 0.25) is 0 Å². The molecule has 4 rings (SSSR count). The summed E-state index contributed by atoms with van der Waals surface area (Å²) in [5.74, 6) is -0.507. The summed E-state index contributed by atoms with van der Waals surface area (Å²) >= 11 is 0. The molecule has 4 aromatic rings. The quantitative estimate of drug-likeness (QED) is 0.352. The number of benzene rings is 2. The van der Waals surface area contributed by atoms with E-state index in [0.29, 0.717) is 35.0 Å². The maximum Gasteiger partial charge on any atom is 0.312 e. The summed E-state index contributed by atoms with van der Waals surface area (Å²) in [5, 5.41) is 29.1. The average Bonchev–Trinajstić information content (AvgIpc) is 3.32. The number of hydrogen-bond donors (Lipinski definition) is 1. The Hall–Kier alpha value is -4.48. The van der Waals surface area contributed by atoms with Crippen LogP contribution in [-0.4, -0.2) is 40.8 Å². The third kappa shape index (κ3) is 4.31. The molecule has 0 bridgehead atoms. The third-order valence-electron chi connectivity index (χ3n) is 5.13. The van der Waals surface area contributed by atoms with Gasteiger partial charge in [0.25, 0.3) is 5.91 Å². The number of rotatable bonds is 6. The van der Waals surface area contributed by atoms with Crippen molar-refractivity contribution in [1.29, 1.82) is 0 Å². The number of nitrogens with zero attached hydrogens (tertiary/aromatic N) is 7. The number of hydrogen-bond acceptors (Lipinski definition) is 7. The van der Waals surface area contributed by atoms with Crippen LogP contribution in [0.15, 0.2) is 42.5 Å². The van der Waals surface area contributed by atoms with Gasteiger partial charge in [0.2, 0.25) is 0 Å². The normalized spacial score (nSPS) is 10.9. The highest BCUT2D eigenvalue weighted by atomic mass is 19.1. The van der Waals surface area contributed by atoms with Crippen molar-refractivity contribution < 1.29 is 14.1 Å². The molecule has 168 valence electrons. The molecule has 0 saturated heterocycles. The minimum absolute atomic E-state index is 0.00142. The third-order valence-corrected chi connectivity index (χ3v) is 5.13. The van der Waals surface area contributed by atoms with Crippen LogP contribution in [0.1, 0.15) is 33.1 Å². The Kier molecular flexibility index (Phi) is 5.65. The zero-order chi connectivity index (χ0) is 23.7. The Balaban J connectivity index is 1.49. The fraction of sp³-hybridized carbons (Fsp3) is 0.190. The summed E-state index contributed by atoms with van der Waals surface area (Å²) in [4.78, 5) is 23.4. The number of aryl methyl sites for hydroxylation is 2. The second kappa shape index (κ2) is 8.57. The van der Waals surface area contributed by atoms with E-state index in [1.54, 1.807) is 49.7 Å². The topological polar surface area (TPSA) is 134 Å². The first-order valence-corrected chi connectivity index (χ1v) is 9.88. The van der Waals surface area contributed by atoms with E-state index in [9.17, 15) is 19.3 Å². The highest BCUT2D eigenvalue weighted by Crippen LogP contribution is 2.23. The Labute approximate surface area is 187 Å². The predicted molar refractivity (Wildman–Crippen MR) is 116 cm³/mol. The first-order chi connectivity index (χ1) is 15.7. The van der Waals surface area contributed by atoms with E-state index in [4.69, 9.17) is 0 Å². The van der Waals surface area contributed by atoms with Crippen LogP contribution in [-0.2, 0) is 6.54 Å². The van der Waals surface area contributed by atoms with E-state index in [-0.39, 0.29) is 17.3 Å². The molecule has 0 aliphatic rings. The lowest BCUT2D eigenvalue weighted by molar-refractivity contribution is -0.386. The Morgan fingerprint density at radius 1 is 1.15 bits per heavy atom. The van der Waals surface area contributed by atoms with E-state index in [1.807, 2.05) is 0 Å². The minimum atomic E-state index is -0.530. The number of nitro groups is 1. The number of aromatic nitrogens is 6. The van der Waals surface area contributed by atoms with Crippen LogP contribution in [0, 0.1) is 36.7 Å². The van der Waals surface area contributed by atoms with E-state index in [0.717, 1.165) is 5.56 Å². The zero-order valence-corrected chi connectivity index (χ0v) is 18.0. The molecule has 0 radical (unpaired) electrons. The fourth-order valence-electron chi connectivity index (χ4n) is 3.45. The lowest BCUT2D eigenvalue weighted by atomic mass is 10.1. The molecule has 0 fully saturated rings. The lowest BCUT2D eigenvalue weighted by Gasteiger charge is -2.10. The smallest absolute Gasteiger partial charge is 0.312 e. The Morgan fingerprint density at radius 3 is 2.48 bits per heavy atom. The van der Waals surface area contributed by atoms with E-state index >= 15 is 0 Å². The fourth-order valence-corrected chi connectivity index (χ4v) is 3.45. The molecular weight excluding hydrogens is 431 g/mol. The Morgan fingerprint density at radius 2 is 1.88 bits per heavy atom. The zero-order valence-electron chi connectivity index (χ0n) is 18.0. The summed E-state index contributed by atoms with van der Waals surface area (Å²) in [6.07, 6.45) is 0. The van der Waals surface area contributed by atoms with Crippen LogP contribution >= 0.6 is 0 Å². The molecule has 2 aromatic carbocycles. The summed E-state index contributed by atoms with van der Waals surface area (Å²) in [6.45, 7) is 5.20. The van der Waals surface area contributed by atoms with Gasteiger partial charge in [-0.05, 0) is 67.1 Å². The molecule has 1 N–H and O–H groups in total. The summed E-state index contributed by atoms with van der Waals surface area (Å²) in [6, 6.07) is 10.9. The monoisotopic (exact) mass is 450 g/mol. The summed E-state index contributed by atoms with van der Waals surface area (Å²) < 4.78 is 17.0. The van der Waals surface area contributed by atoms with Gasteiger partial charge in [0.1, 0.15) is 22.9 Å². The molecule has 0 spiro atoms. The largest absolute Gasteiger partial charge is 0.322 e. The van der Waals surface area contributed by atoms with Gasteiger partial charge in [0, 0.05) is 11.3 Å². The molecule has 0 atom stereocenters. The molecule has 1 amide bonds. The molecule has 2 heterocycles. The van der Waals surface area contributed by atoms with Crippen LogP contribution < -0.4 is 5.32 Å². The second-order valence-electron chi connectivity index (χ2n) is 7.39. The maximum absolute atomic E-state index is 14.2. The minimum Gasteiger partial charge on any atom is -0.322 e. The van der Waals surface area contributed by atoms with Crippen molar-refractivity contribution in [3.05, 3.63) is 86.7 Å². The van der Waals surface area contributed by atoms with Gasteiger partial charge in [0.15, 0.2) is 5.82 Å². The molecule has 11 nitrogen and oxygen atoms in total. The van der Waals surface area contributed by atoms with Crippen molar-refractivity contribution in [3.8, 4) is 5.69 Å². The highest BCUT2D eigenvalue weighted by molar-refractivity contribution is 6.04. The summed E-state index contributed by atoms with van der Waals surface area (Å²) in [5.41, 5.74) is 2.53. The molecule has 33 heavy (non-hydrogen) atoms. The number of carbonyl (C=O) groups excluding carboxylic acids is 1. The van der Waals surface area contributed by atoms with Gasteiger partial charge < -0.3 is 5.32 Å². The maximum atomic E-state index is 14.2. The van der Waals surface area contributed by atoms with Gasteiger partial charge in [-0.1, -0.05) is 12.1 Å². The van der Waals surface area contributed by atoms with Gasteiger partial charge in [0.05, 0.1) is 11.5 Å². The molecular formula is C21H19FN8O3. The Bertz CT molecular complexity index is 1360. The summed E-state index contributed by atoms with van der Waals surface area (Å²) in [7, 11) is 0. The first-order valence-electron chi connectivity index (χ1n) is 9.88. The van der Waals surface area contributed by atoms with Gasteiger partial charge in [-0.15, -0.1) is 5.10 Å². The molecule has 0 aliphatic carbocycles. The van der Waals surface area contributed by atoms with Gasteiger partial charge in [-0.25, -0.2) is 4.39 Å². The van der Waals surface area contributed by atoms with Crippen LogP contribution in [0.5, 0.6) is 0 Å². The predicted octanol–water partition coefficient (Wildman–Crippen LogP) is 3.13. The number of halogens is 1. The SMILES string of the molecule is Cc1nn(Cc2ccc(C(=O)Nc3ccc(F)c(-n4nnnc4C)c3)cc2)c(C)c1[N+](=O)[O-]. The van der Waals surface area contributed by atoms with Gasteiger partial charge in [-0.3, -0.25) is 19.6 Å². The van der Waals surface area contributed by atoms with Crippen molar-refractivity contribution in [2.24, 2.45) is 0 Å². The van der Waals surface area contributed by atoms with E-state index in [2.05, 4.69) is 25.9 Å². The van der Waals surface area contributed by atoms with Crippen LogP contribution in [0.4, 0.5) is 15.8 Å². The van der Waals surface area contributed by atoms with Crippen molar-refractivity contribution in [1.82, 2.24) is 30.0 Å². The van der Waals surface area contributed by atoms with Crippen LogP contribution in [0.25, 0.3) is 5.69 Å². The lowest BCUT2D eigenvalue weighted by Crippen LogP contribution is -2.13. The number of carbonyl (C=O) groups is 1. The van der Waals surface area contributed by atoms with E-state index < -0.39 is 10.7 Å². The molecule has 0 saturated carbocycles. The second-order valence-corrected chi connectivity index (χ2v) is 7.39. The first kappa shape index (κ1) is 21.7. The molecule has 2 aromatic heterocycles. The molecule has 0 unspecified atom stereocenters. The molecule has 12 heteroatoms. The van der Waals surface area contributed by atoms with Crippen LogP contribution in [0.3, 0.4) is 0 Å². The number of anilines is 1. The van der Waals surface area contributed by atoms with Crippen molar-refractivity contribution in [3.63, 3.8) is 0 Å².